The van der Waals surface area contributed by atoms with E-state index in [1.54, 1.807) is 0 Å². The van der Waals surface area contributed by atoms with Crippen molar-refractivity contribution in [3.05, 3.63) is 29.8 Å². The second-order valence-corrected chi connectivity index (χ2v) is 5.44. The molecular weight excluding hydrogens is 288 g/mol. The minimum Gasteiger partial charge on any atom is -0.494 e. The average molecular weight is 313 g/mol. The number of aryl methyl sites for hydroxylation is 1. The highest BCUT2D eigenvalue weighted by atomic mass is 35.5. The standard InChI is InChI=1S/C16H24N2O2.ClH/c1-13-3-7-15(8-4-13)20-10-2-9-18-16(19)12-17-11-14-5-6-14;/h3-4,7-8,14,17H,2,5-6,9-12H2,1H3,(H,18,19);1H. The first-order valence-corrected chi connectivity index (χ1v) is 7.41. The highest BCUT2D eigenvalue weighted by Crippen LogP contribution is 2.27. The van der Waals surface area contributed by atoms with Gasteiger partial charge in [0.1, 0.15) is 5.75 Å². The Morgan fingerprint density at radius 2 is 2.00 bits per heavy atom. The maximum atomic E-state index is 11.5. The number of hydrogen-bond acceptors (Lipinski definition) is 3. The Morgan fingerprint density at radius 1 is 1.29 bits per heavy atom. The normalized spacial score (nSPS) is 13.4. The summed E-state index contributed by atoms with van der Waals surface area (Å²) in [5.41, 5.74) is 1.23. The van der Waals surface area contributed by atoms with Gasteiger partial charge in [-0.25, -0.2) is 0 Å². The van der Waals surface area contributed by atoms with Crippen LogP contribution in [0.3, 0.4) is 0 Å². The van der Waals surface area contributed by atoms with Gasteiger partial charge in [0.2, 0.25) is 5.91 Å². The van der Waals surface area contributed by atoms with E-state index in [0.717, 1.165) is 24.6 Å². The van der Waals surface area contributed by atoms with Crippen molar-refractivity contribution in [2.45, 2.75) is 26.2 Å². The number of benzene rings is 1. The SMILES string of the molecule is Cc1ccc(OCCCNC(=O)CNCC2CC2)cc1.Cl. The molecule has 1 fully saturated rings. The number of hydrogen-bond donors (Lipinski definition) is 2. The van der Waals surface area contributed by atoms with Gasteiger partial charge >= 0.3 is 0 Å². The van der Waals surface area contributed by atoms with Gasteiger partial charge in [0.25, 0.3) is 0 Å². The predicted molar refractivity (Wildman–Crippen MR) is 87.1 cm³/mol. The van der Waals surface area contributed by atoms with Crippen molar-refractivity contribution in [3.63, 3.8) is 0 Å². The van der Waals surface area contributed by atoms with Gasteiger partial charge in [-0.15, -0.1) is 12.4 Å². The zero-order valence-electron chi connectivity index (χ0n) is 12.6. The third-order valence-corrected chi connectivity index (χ3v) is 3.35. The molecule has 1 aliphatic rings. The molecule has 0 saturated heterocycles. The van der Waals surface area contributed by atoms with Crippen LogP contribution in [0.2, 0.25) is 0 Å². The molecule has 2 rings (SSSR count). The smallest absolute Gasteiger partial charge is 0.233 e. The summed E-state index contributed by atoms with van der Waals surface area (Å²) >= 11 is 0. The molecule has 1 aliphatic carbocycles. The van der Waals surface area contributed by atoms with Crippen molar-refractivity contribution >= 4 is 18.3 Å². The van der Waals surface area contributed by atoms with Gasteiger partial charge in [-0.1, -0.05) is 17.7 Å². The number of carbonyl (C=O) groups excluding carboxylic acids is 1. The van der Waals surface area contributed by atoms with Gasteiger partial charge in [0, 0.05) is 6.54 Å². The first kappa shape index (κ1) is 17.8. The monoisotopic (exact) mass is 312 g/mol. The van der Waals surface area contributed by atoms with Crippen LogP contribution in [0.5, 0.6) is 5.75 Å². The summed E-state index contributed by atoms with van der Waals surface area (Å²) in [5, 5.41) is 6.07. The highest BCUT2D eigenvalue weighted by molar-refractivity contribution is 5.85. The van der Waals surface area contributed by atoms with Gasteiger partial charge in [0.05, 0.1) is 13.2 Å². The molecule has 1 saturated carbocycles. The topological polar surface area (TPSA) is 50.4 Å². The summed E-state index contributed by atoms with van der Waals surface area (Å²) < 4.78 is 5.60. The van der Waals surface area contributed by atoms with Gasteiger partial charge in [-0.2, -0.15) is 0 Å². The minimum absolute atomic E-state index is 0. The van der Waals surface area contributed by atoms with Gasteiger partial charge in [-0.05, 0) is 50.8 Å². The van der Waals surface area contributed by atoms with Gasteiger partial charge in [0.15, 0.2) is 0 Å². The van der Waals surface area contributed by atoms with Crippen LogP contribution < -0.4 is 15.4 Å². The second-order valence-electron chi connectivity index (χ2n) is 5.44. The lowest BCUT2D eigenvalue weighted by molar-refractivity contribution is -0.120. The maximum Gasteiger partial charge on any atom is 0.233 e. The van der Waals surface area contributed by atoms with Crippen LogP contribution in [0.15, 0.2) is 24.3 Å². The van der Waals surface area contributed by atoms with E-state index in [-0.39, 0.29) is 18.3 Å². The van der Waals surface area contributed by atoms with Crippen LogP contribution in [0.25, 0.3) is 0 Å². The van der Waals surface area contributed by atoms with Crippen LogP contribution in [-0.2, 0) is 4.79 Å². The third-order valence-electron chi connectivity index (χ3n) is 3.35. The van der Waals surface area contributed by atoms with Crippen molar-refractivity contribution in [1.29, 1.82) is 0 Å². The summed E-state index contributed by atoms with van der Waals surface area (Å²) in [6.07, 6.45) is 3.44. The van der Waals surface area contributed by atoms with E-state index in [4.69, 9.17) is 4.74 Å². The molecule has 0 heterocycles. The first-order chi connectivity index (χ1) is 9.74. The molecule has 1 aromatic rings. The summed E-state index contributed by atoms with van der Waals surface area (Å²) in [6.45, 7) is 4.74. The molecule has 0 aliphatic heterocycles. The van der Waals surface area contributed by atoms with Crippen molar-refractivity contribution in [2.24, 2.45) is 5.92 Å². The third kappa shape index (κ3) is 7.93. The highest BCUT2D eigenvalue weighted by Gasteiger charge is 2.20. The van der Waals surface area contributed by atoms with Crippen molar-refractivity contribution in [2.75, 3.05) is 26.2 Å². The van der Waals surface area contributed by atoms with Crippen LogP contribution in [0.4, 0.5) is 0 Å². The van der Waals surface area contributed by atoms with Crippen LogP contribution in [0.1, 0.15) is 24.8 Å². The zero-order valence-corrected chi connectivity index (χ0v) is 13.4. The average Bonchev–Trinajstić information content (AvgIpc) is 3.25. The molecule has 0 bridgehead atoms. The summed E-state index contributed by atoms with van der Waals surface area (Å²) in [6, 6.07) is 8.00. The van der Waals surface area contributed by atoms with Crippen molar-refractivity contribution in [1.82, 2.24) is 10.6 Å². The van der Waals surface area contributed by atoms with E-state index in [1.807, 2.05) is 24.3 Å². The number of halogens is 1. The number of ether oxygens (including phenoxy) is 1. The Bertz CT molecular complexity index is 419. The Hall–Kier alpha value is -1.26. The Labute approximate surface area is 133 Å². The molecule has 0 spiro atoms. The lowest BCUT2D eigenvalue weighted by Crippen LogP contribution is -2.35. The molecule has 0 aromatic heterocycles. The van der Waals surface area contributed by atoms with E-state index in [9.17, 15) is 4.79 Å². The fraction of sp³-hybridized carbons (Fsp3) is 0.562. The summed E-state index contributed by atoms with van der Waals surface area (Å²) in [7, 11) is 0. The number of nitrogens with one attached hydrogen (secondary N) is 2. The molecule has 0 atom stereocenters. The summed E-state index contributed by atoms with van der Waals surface area (Å²) in [5.74, 6) is 1.76. The molecule has 4 nitrogen and oxygen atoms in total. The van der Waals surface area contributed by atoms with E-state index in [2.05, 4.69) is 17.6 Å². The molecule has 0 radical (unpaired) electrons. The van der Waals surface area contributed by atoms with Crippen molar-refractivity contribution in [3.8, 4) is 5.75 Å². The number of rotatable bonds is 9. The lowest BCUT2D eigenvalue weighted by atomic mass is 10.2. The summed E-state index contributed by atoms with van der Waals surface area (Å²) in [4.78, 5) is 11.5. The fourth-order valence-corrected chi connectivity index (χ4v) is 1.90. The Kier molecular flexibility index (Phi) is 8.16. The zero-order chi connectivity index (χ0) is 14.2. The molecule has 21 heavy (non-hydrogen) atoms. The quantitative estimate of drug-likeness (QED) is 0.688. The molecule has 118 valence electrons. The molecule has 0 unspecified atom stereocenters. The largest absolute Gasteiger partial charge is 0.494 e. The van der Waals surface area contributed by atoms with Gasteiger partial charge in [-0.3, -0.25) is 4.79 Å². The number of amides is 1. The van der Waals surface area contributed by atoms with Crippen LogP contribution in [-0.4, -0.2) is 32.1 Å². The van der Waals surface area contributed by atoms with E-state index < -0.39 is 0 Å². The van der Waals surface area contributed by atoms with Gasteiger partial charge < -0.3 is 15.4 Å². The first-order valence-electron chi connectivity index (χ1n) is 7.41. The molecule has 2 N–H and O–H groups in total. The van der Waals surface area contributed by atoms with Crippen LogP contribution >= 0.6 is 12.4 Å². The lowest BCUT2D eigenvalue weighted by Gasteiger charge is -2.08. The van der Waals surface area contributed by atoms with E-state index in [1.165, 1.54) is 18.4 Å². The second kappa shape index (κ2) is 9.64. The minimum atomic E-state index is 0. The van der Waals surface area contributed by atoms with Crippen LogP contribution in [0, 0.1) is 12.8 Å². The van der Waals surface area contributed by atoms with E-state index in [0.29, 0.717) is 19.7 Å². The molecular formula is C16H25ClN2O2. The number of carbonyl (C=O) groups is 1. The Balaban J connectivity index is 0.00000220. The molecule has 5 heteroatoms. The maximum absolute atomic E-state index is 11.5. The van der Waals surface area contributed by atoms with E-state index >= 15 is 0 Å². The Morgan fingerprint density at radius 3 is 2.67 bits per heavy atom. The predicted octanol–water partition coefficient (Wildman–Crippen LogP) is 2.30. The van der Waals surface area contributed by atoms with Crippen molar-refractivity contribution < 1.29 is 9.53 Å². The molecule has 1 amide bonds. The fourth-order valence-electron chi connectivity index (χ4n) is 1.90. The molecule has 1 aromatic carbocycles.